The number of cyclic esters (lactones) is 1. The summed E-state index contributed by atoms with van der Waals surface area (Å²) in [7, 11) is 4.61. The van der Waals surface area contributed by atoms with Crippen molar-refractivity contribution in [2.24, 2.45) is 29.6 Å². The van der Waals surface area contributed by atoms with Crippen LogP contribution in [0.3, 0.4) is 0 Å². The molecule has 4 aliphatic rings. The molecule has 2 bridgehead atoms. The molecule has 3 heterocycles. The second kappa shape index (κ2) is 21.0. The van der Waals surface area contributed by atoms with Crippen LogP contribution in [0.25, 0.3) is 0 Å². The highest BCUT2D eigenvalue weighted by Gasteiger charge is 2.56. The molecule has 0 radical (unpaired) electrons. The van der Waals surface area contributed by atoms with E-state index in [1.165, 1.54) is 19.1 Å². The largest absolute Gasteiger partial charge is 0.456 e. The predicted octanol–water partition coefficient (Wildman–Crippen LogP) is 4.64. The van der Waals surface area contributed by atoms with Gasteiger partial charge in [-0.25, -0.2) is 4.79 Å². The molecule has 322 valence electrons. The van der Waals surface area contributed by atoms with Crippen molar-refractivity contribution < 1.29 is 58.2 Å². The predicted molar refractivity (Wildman–Crippen MR) is 213 cm³/mol. The van der Waals surface area contributed by atoms with Crippen molar-refractivity contribution in [3.05, 3.63) is 36.0 Å². The van der Waals surface area contributed by atoms with Gasteiger partial charge in [-0.1, -0.05) is 45.9 Å². The molecule has 3 N–H and O–H groups in total. The average Bonchev–Trinajstić information content (AvgIpc) is 3.18. The molecule has 0 aromatic rings. The number of ether oxygens (including phenoxy) is 5. The summed E-state index contributed by atoms with van der Waals surface area (Å²) in [6.07, 6.45) is 4.89. The smallest absolute Gasteiger partial charge is 0.329 e. The van der Waals surface area contributed by atoms with E-state index in [1.807, 2.05) is 26.0 Å². The fourth-order valence-electron chi connectivity index (χ4n) is 9.44. The summed E-state index contributed by atoms with van der Waals surface area (Å²) in [6, 6.07) is -1.14. The second-order valence-corrected chi connectivity index (χ2v) is 17.3. The minimum atomic E-state index is -2.51. The van der Waals surface area contributed by atoms with E-state index in [2.05, 4.69) is 13.5 Å². The second-order valence-electron chi connectivity index (χ2n) is 17.3. The van der Waals surface area contributed by atoms with Crippen LogP contribution in [0.15, 0.2) is 36.0 Å². The van der Waals surface area contributed by atoms with Gasteiger partial charge < -0.3 is 43.9 Å². The molecule has 3 aliphatic heterocycles. The van der Waals surface area contributed by atoms with Crippen molar-refractivity contribution in [3.8, 4) is 0 Å². The van der Waals surface area contributed by atoms with E-state index in [-0.39, 0.29) is 55.4 Å². The van der Waals surface area contributed by atoms with E-state index >= 15 is 0 Å². The third-order valence-electron chi connectivity index (χ3n) is 12.8. The number of esters is 1. The summed E-state index contributed by atoms with van der Waals surface area (Å²) >= 11 is 0. The standard InChI is InChI=1S/C44H69NO12/c1-10-13-31-19-25(2)18-26(3)20-37(54-8)40-38(55-9)22-28(5)44(52,57-40)41(49)42(50)45-17-12-11-14-32(45)43(51)56-39(29(6)34(47)24-35(31)48)27(4)21-30-15-16-33(46)36(23-30)53-7/h10,19,21,25-26,28-30,32-34,36-40,46-47,52H,1,11-18,20,22-24H2,2-9H3/t25?,26-,28+,29+,30?,32?,33+,34-,36+,37-,38-,39?,40+,44+/m0/s1. The third-order valence-corrected chi connectivity index (χ3v) is 12.8. The van der Waals surface area contributed by atoms with Crippen LogP contribution in [-0.4, -0.2) is 126 Å². The van der Waals surface area contributed by atoms with Crippen molar-refractivity contribution >= 4 is 23.4 Å². The molecule has 1 saturated carbocycles. The first-order valence-electron chi connectivity index (χ1n) is 20.9. The Kier molecular flexibility index (Phi) is 17.2. The molecular formula is C44H69NO12. The summed E-state index contributed by atoms with van der Waals surface area (Å²) in [5.74, 6) is -7.32. The number of fused-ring (bicyclic) bond motifs is 3. The highest BCUT2D eigenvalue weighted by Crippen LogP contribution is 2.39. The summed E-state index contributed by atoms with van der Waals surface area (Å²) in [4.78, 5) is 57.8. The number of nitrogens with zero attached hydrogens (tertiary/aromatic N) is 1. The minimum Gasteiger partial charge on any atom is -0.456 e. The van der Waals surface area contributed by atoms with Gasteiger partial charge in [0.05, 0.1) is 30.5 Å². The van der Waals surface area contributed by atoms with Gasteiger partial charge in [0, 0.05) is 46.1 Å². The van der Waals surface area contributed by atoms with Crippen LogP contribution >= 0.6 is 0 Å². The molecule has 0 aromatic carbocycles. The summed E-state index contributed by atoms with van der Waals surface area (Å²) in [5.41, 5.74) is 1.18. The van der Waals surface area contributed by atoms with Gasteiger partial charge in [-0.3, -0.25) is 14.4 Å². The highest BCUT2D eigenvalue weighted by atomic mass is 16.7. The lowest BCUT2D eigenvalue weighted by Gasteiger charge is -2.47. The van der Waals surface area contributed by atoms with Crippen LogP contribution in [0, 0.1) is 29.6 Å². The molecule has 14 atom stereocenters. The summed E-state index contributed by atoms with van der Waals surface area (Å²) in [6.45, 7) is 13.2. The van der Waals surface area contributed by atoms with Crippen molar-refractivity contribution in [2.45, 2.75) is 160 Å². The summed E-state index contributed by atoms with van der Waals surface area (Å²) in [5, 5.41) is 34.1. The normalized spacial score (nSPS) is 40.1. The first kappa shape index (κ1) is 46.9. The van der Waals surface area contributed by atoms with E-state index < -0.39 is 77.9 Å². The number of Topliss-reactive ketones (excluding diaryl/α,β-unsaturated/α-hetero) is 2. The molecule has 57 heavy (non-hydrogen) atoms. The van der Waals surface area contributed by atoms with Crippen LogP contribution in [-0.2, 0) is 42.9 Å². The lowest BCUT2D eigenvalue weighted by Crippen LogP contribution is -2.64. The zero-order chi connectivity index (χ0) is 42.2. The molecular weight excluding hydrogens is 734 g/mol. The topological polar surface area (TPSA) is 178 Å². The van der Waals surface area contributed by atoms with Crippen LogP contribution in [0.1, 0.15) is 105 Å². The first-order chi connectivity index (χ1) is 27.0. The molecule has 13 heteroatoms. The maximum absolute atomic E-state index is 14.3. The number of carbonyl (C=O) groups is 4. The lowest BCUT2D eigenvalue weighted by molar-refractivity contribution is -0.302. The van der Waals surface area contributed by atoms with E-state index in [4.69, 9.17) is 23.7 Å². The van der Waals surface area contributed by atoms with Crippen LogP contribution < -0.4 is 0 Å². The van der Waals surface area contributed by atoms with Crippen molar-refractivity contribution in [3.63, 3.8) is 0 Å². The molecule has 13 nitrogen and oxygen atoms in total. The molecule has 1 aliphatic carbocycles. The van der Waals surface area contributed by atoms with Gasteiger partial charge >= 0.3 is 5.97 Å². The van der Waals surface area contributed by atoms with Crippen molar-refractivity contribution in [2.75, 3.05) is 27.9 Å². The van der Waals surface area contributed by atoms with Gasteiger partial charge in [-0.15, -0.1) is 6.58 Å². The number of rotatable bonds is 7. The Bertz CT molecular complexity index is 1480. The van der Waals surface area contributed by atoms with Crippen molar-refractivity contribution in [1.29, 1.82) is 0 Å². The maximum atomic E-state index is 14.3. The van der Waals surface area contributed by atoms with Gasteiger partial charge in [0.2, 0.25) is 5.79 Å². The fourth-order valence-corrected chi connectivity index (χ4v) is 9.44. The van der Waals surface area contributed by atoms with E-state index in [0.29, 0.717) is 62.5 Å². The number of aliphatic hydroxyl groups is 3. The Labute approximate surface area is 339 Å². The maximum Gasteiger partial charge on any atom is 0.329 e. The van der Waals surface area contributed by atoms with Crippen molar-refractivity contribution in [1.82, 2.24) is 4.90 Å². The van der Waals surface area contributed by atoms with Gasteiger partial charge in [-0.05, 0) is 100 Å². The van der Waals surface area contributed by atoms with Gasteiger partial charge in [0.15, 0.2) is 5.78 Å². The zero-order valence-corrected chi connectivity index (χ0v) is 35.4. The Hall–Kier alpha value is -2.78. The lowest BCUT2D eigenvalue weighted by atomic mass is 9.81. The number of hydrogen-bond donors (Lipinski definition) is 3. The van der Waals surface area contributed by atoms with Crippen LogP contribution in [0.4, 0.5) is 0 Å². The Morgan fingerprint density at radius 2 is 1.58 bits per heavy atom. The molecule has 2 saturated heterocycles. The number of aliphatic hydroxyl groups excluding tert-OH is 2. The SMILES string of the molecule is C=CCC1=CC(C)C[C@H](C)C[C@H](OC)[C@H]2O[C@@](O)(C(=O)C(=O)N3CCCCC3C(=O)OC(C(C)=CC3CC[C@@H](O)[C@H](OC)C3)[C@H](C)[C@@H](O)CC1=O)[C@H](C)C[C@@H]2OC. The van der Waals surface area contributed by atoms with Gasteiger partial charge in [0.1, 0.15) is 18.2 Å². The monoisotopic (exact) mass is 803 g/mol. The Morgan fingerprint density at radius 1 is 0.912 bits per heavy atom. The van der Waals surface area contributed by atoms with E-state index in [1.54, 1.807) is 27.0 Å². The fraction of sp³-hybridized carbons (Fsp3) is 0.773. The number of hydrogen-bond acceptors (Lipinski definition) is 12. The molecule has 1 amide bonds. The zero-order valence-electron chi connectivity index (χ0n) is 35.4. The van der Waals surface area contributed by atoms with E-state index in [9.17, 15) is 34.5 Å². The number of allylic oxidation sites excluding steroid dienone is 4. The molecule has 3 fully saturated rings. The minimum absolute atomic E-state index is 0.0120. The average molecular weight is 804 g/mol. The molecule has 4 rings (SSSR count). The quantitative estimate of drug-likeness (QED) is 0.185. The van der Waals surface area contributed by atoms with Crippen LogP contribution in [0.5, 0.6) is 0 Å². The molecule has 0 aromatic heterocycles. The number of carbonyl (C=O) groups excluding carboxylic acids is 4. The Morgan fingerprint density at radius 3 is 2.23 bits per heavy atom. The number of ketones is 2. The van der Waals surface area contributed by atoms with Gasteiger partial charge in [0.25, 0.3) is 11.7 Å². The van der Waals surface area contributed by atoms with Gasteiger partial charge in [-0.2, -0.15) is 0 Å². The number of piperidine rings is 1. The molecule has 4 unspecified atom stereocenters. The highest BCUT2D eigenvalue weighted by molar-refractivity contribution is 6.39. The van der Waals surface area contributed by atoms with E-state index in [0.717, 1.165) is 0 Å². The number of methoxy groups -OCH3 is 3. The Balaban J connectivity index is 1.78. The summed E-state index contributed by atoms with van der Waals surface area (Å²) < 4.78 is 29.8. The number of amides is 1. The molecule has 0 spiro atoms. The van der Waals surface area contributed by atoms with Crippen LogP contribution in [0.2, 0.25) is 0 Å². The third kappa shape index (κ3) is 11.3. The first-order valence-corrected chi connectivity index (χ1v) is 20.9.